The Bertz CT molecular complexity index is 1080. The first kappa shape index (κ1) is 22.4. The summed E-state index contributed by atoms with van der Waals surface area (Å²) in [6.45, 7) is 10.3. The minimum Gasteiger partial charge on any atom is -0.490 e. The third-order valence-corrected chi connectivity index (χ3v) is 6.70. The topological polar surface area (TPSA) is 75.7 Å². The highest BCUT2D eigenvalue weighted by Gasteiger charge is 2.38. The summed E-state index contributed by atoms with van der Waals surface area (Å²) in [6.07, 6.45) is 0. The molecule has 30 heavy (non-hydrogen) atoms. The number of aryl methyl sites for hydroxylation is 1. The van der Waals surface area contributed by atoms with Gasteiger partial charge in [0.2, 0.25) is 5.91 Å². The van der Waals surface area contributed by atoms with E-state index in [1.807, 2.05) is 34.6 Å². The van der Waals surface area contributed by atoms with Crippen LogP contribution in [0.2, 0.25) is 5.02 Å². The van der Waals surface area contributed by atoms with Crippen LogP contribution in [0.25, 0.3) is 0 Å². The molecule has 0 bridgehead atoms. The lowest BCUT2D eigenvalue weighted by molar-refractivity contribution is -0.127. The molecular formula is C22H27ClN2O4S. The highest BCUT2D eigenvalue weighted by atomic mass is 35.5. The molecule has 0 atom stereocenters. The Morgan fingerprint density at radius 1 is 1.20 bits per heavy atom. The first-order chi connectivity index (χ1) is 13.9. The van der Waals surface area contributed by atoms with Crippen molar-refractivity contribution in [2.45, 2.75) is 39.5 Å². The maximum atomic E-state index is 13.0. The third-order valence-electron chi connectivity index (χ3n) is 4.92. The highest BCUT2D eigenvalue weighted by molar-refractivity contribution is 7.92. The van der Waals surface area contributed by atoms with Gasteiger partial charge in [0.15, 0.2) is 0 Å². The quantitative estimate of drug-likeness (QED) is 0.705. The second kappa shape index (κ2) is 8.12. The van der Waals surface area contributed by atoms with Gasteiger partial charge in [-0.15, -0.1) is 0 Å². The largest absolute Gasteiger partial charge is 0.490 e. The van der Waals surface area contributed by atoms with Gasteiger partial charge in [0.1, 0.15) is 12.4 Å². The van der Waals surface area contributed by atoms with Crippen molar-refractivity contribution in [1.82, 2.24) is 0 Å². The summed E-state index contributed by atoms with van der Waals surface area (Å²) < 4.78 is 34.1. The van der Waals surface area contributed by atoms with E-state index in [-0.39, 0.29) is 23.3 Å². The molecule has 1 amide bonds. The number of hydrogen-bond donors (Lipinski definition) is 1. The number of hydrogen-bond acceptors (Lipinski definition) is 4. The summed E-state index contributed by atoms with van der Waals surface area (Å²) in [4.78, 5) is 14.8. The predicted octanol–water partition coefficient (Wildman–Crippen LogP) is 4.86. The van der Waals surface area contributed by atoms with E-state index >= 15 is 0 Å². The van der Waals surface area contributed by atoms with Crippen molar-refractivity contribution in [1.29, 1.82) is 0 Å². The Morgan fingerprint density at radius 2 is 1.90 bits per heavy atom. The molecule has 1 aliphatic heterocycles. The van der Waals surface area contributed by atoms with Crippen LogP contribution in [0.3, 0.4) is 0 Å². The standard InChI is InChI=1S/C22H27ClN2O4S/c1-14(2)12-25-19-9-7-16(10-20(19)29-13-22(4,5)21(25)26)24-30(27,28)17-8-6-15(3)18(23)11-17/h6-11,14,24H,12-13H2,1-5H3. The summed E-state index contributed by atoms with van der Waals surface area (Å²) in [5.74, 6) is 0.717. The number of nitrogens with one attached hydrogen (secondary N) is 1. The first-order valence-electron chi connectivity index (χ1n) is 9.78. The van der Waals surface area contributed by atoms with E-state index in [2.05, 4.69) is 4.72 Å². The number of nitrogens with zero attached hydrogens (tertiary/aromatic N) is 1. The van der Waals surface area contributed by atoms with Crippen LogP contribution < -0.4 is 14.4 Å². The van der Waals surface area contributed by atoms with Crippen LogP contribution in [-0.4, -0.2) is 27.5 Å². The molecule has 1 aliphatic rings. The van der Waals surface area contributed by atoms with Gasteiger partial charge in [0, 0.05) is 17.6 Å². The average molecular weight is 451 g/mol. The molecule has 3 rings (SSSR count). The Hall–Kier alpha value is -2.25. The van der Waals surface area contributed by atoms with Crippen LogP contribution in [0, 0.1) is 18.3 Å². The van der Waals surface area contributed by atoms with E-state index in [0.29, 0.717) is 28.7 Å². The van der Waals surface area contributed by atoms with Gasteiger partial charge in [0.05, 0.1) is 21.7 Å². The number of amides is 1. The maximum Gasteiger partial charge on any atom is 0.261 e. The molecule has 6 nitrogen and oxygen atoms in total. The number of ether oxygens (including phenoxy) is 1. The fourth-order valence-electron chi connectivity index (χ4n) is 3.21. The smallest absolute Gasteiger partial charge is 0.261 e. The highest BCUT2D eigenvalue weighted by Crippen LogP contribution is 2.39. The summed E-state index contributed by atoms with van der Waals surface area (Å²) in [7, 11) is -3.82. The van der Waals surface area contributed by atoms with Crippen molar-refractivity contribution in [2.75, 3.05) is 22.8 Å². The fourth-order valence-corrected chi connectivity index (χ4v) is 4.53. The Morgan fingerprint density at radius 3 is 2.53 bits per heavy atom. The molecule has 0 spiro atoms. The number of halogens is 1. The predicted molar refractivity (Wildman–Crippen MR) is 120 cm³/mol. The fraction of sp³-hybridized carbons (Fsp3) is 0.409. The summed E-state index contributed by atoms with van der Waals surface area (Å²) in [6, 6.07) is 9.56. The molecular weight excluding hydrogens is 424 g/mol. The van der Waals surface area contributed by atoms with Crippen molar-refractivity contribution in [3.8, 4) is 5.75 Å². The monoisotopic (exact) mass is 450 g/mol. The summed E-state index contributed by atoms with van der Waals surface area (Å²) in [5.41, 5.74) is 1.10. The van der Waals surface area contributed by atoms with Gasteiger partial charge in [-0.3, -0.25) is 9.52 Å². The van der Waals surface area contributed by atoms with E-state index in [0.717, 1.165) is 5.56 Å². The van der Waals surface area contributed by atoms with Crippen LogP contribution in [0.5, 0.6) is 5.75 Å². The number of benzene rings is 2. The molecule has 1 heterocycles. The Labute approximate surface area is 183 Å². The van der Waals surface area contributed by atoms with Crippen LogP contribution in [-0.2, 0) is 14.8 Å². The molecule has 2 aromatic rings. The number of sulfonamides is 1. The maximum absolute atomic E-state index is 13.0. The van der Waals surface area contributed by atoms with Crippen molar-refractivity contribution in [2.24, 2.45) is 11.3 Å². The van der Waals surface area contributed by atoms with Crippen molar-refractivity contribution < 1.29 is 17.9 Å². The SMILES string of the molecule is Cc1ccc(S(=O)(=O)Nc2ccc3c(c2)OCC(C)(C)C(=O)N3CC(C)C)cc1Cl. The molecule has 1 N–H and O–H groups in total. The van der Waals surface area contributed by atoms with Gasteiger partial charge < -0.3 is 9.64 Å². The van der Waals surface area contributed by atoms with E-state index in [1.54, 1.807) is 29.2 Å². The molecule has 0 saturated heterocycles. The number of fused-ring (bicyclic) bond motifs is 1. The Kier molecular flexibility index (Phi) is 6.07. The molecule has 0 unspecified atom stereocenters. The summed E-state index contributed by atoms with van der Waals surface area (Å²) >= 11 is 6.08. The molecule has 0 aromatic heterocycles. The molecule has 2 aromatic carbocycles. The number of carbonyl (C=O) groups is 1. The van der Waals surface area contributed by atoms with Crippen LogP contribution in [0.4, 0.5) is 11.4 Å². The molecule has 0 radical (unpaired) electrons. The zero-order valence-electron chi connectivity index (χ0n) is 17.8. The zero-order valence-corrected chi connectivity index (χ0v) is 19.4. The number of rotatable bonds is 5. The minimum atomic E-state index is -3.82. The van der Waals surface area contributed by atoms with Crippen LogP contribution >= 0.6 is 11.6 Å². The van der Waals surface area contributed by atoms with Crippen molar-refractivity contribution >= 4 is 38.9 Å². The average Bonchev–Trinajstić information content (AvgIpc) is 2.73. The van der Waals surface area contributed by atoms with Crippen molar-refractivity contribution in [3.05, 3.63) is 47.0 Å². The molecule has 0 fully saturated rings. The lowest BCUT2D eigenvalue weighted by Gasteiger charge is -2.29. The van der Waals surface area contributed by atoms with Gasteiger partial charge in [-0.2, -0.15) is 0 Å². The van der Waals surface area contributed by atoms with Gasteiger partial charge in [-0.1, -0.05) is 31.5 Å². The second-order valence-electron chi connectivity index (χ2n) is 8.68. The summed E-state index contributed by atoms with van der Waals surface area (Å²) in [5, 5.41) is 0.383. The van der Waals surface area contributed by atoms with Crippen LogP contribution in [0.1, 0.15) is 33.3 Å². The molecule has 0 saturated carbocycles. The van der Waals surface area contributed by atoms with E-state index in [4.69, 9.17) is 16.3 Å². The van der Waals surface area contributed by atoms with E-state index in [9.17, 15) is 13.2 Å². The molecule has 0 aliphatic carbocycles. The van der Waals surface area contributed by atoms with E-state index < -0.39 is 15.4 Å². The van der Waals surface area contributed by atoms with Gasteiger partial charge >= 0.3 is 0 Å². The lowest BCUT2D eigenvalue weighted by atomic mass is 9.92. The van der Waals surface area contributed by atoms with E-state index in [1.165, 1.54) is 12.1 Å². The zero-order chi connectivity index (χ0) is 22.3. The minimum absolute atomic E-state index is 0.0161. The Balaban J connectivity index is 1.96. The van der Waals surface area contributed by atoms with Gasteiger partial charge in [0.25, 0.3) is 10.0 Å². The van der Waals surface area contributed by atoms with Gasteiger partial charge in [-0.25, -0.2) is 8.42 Å². The second-order valence-corrected chi connectivity index (χ2v) is 10.8. The normalized spacial score (nSPS) is 16.1. The van der Waals surface area contributed by atoms with Crippen LogP contribution in [0.15, 0.2) is 41.3 Å². The molecule has 162 valence electrons. The van der Waals surface area contributed by atoms with Gasteiger partial charge in [-0.05, 0) is 56.5 Å². The first-order valence-corrected chi connectivity index (χ1v) is 11.6. The number of anilines is 2. The molecule has 8 heteroatoms. The lowest BCUT2D eigenvalue weighted by Crippen LogP contribution is -2.43. The van der Waals surface area contributed by atoms with Crippen molar-refractivity contribution in [3.63, 3.8) is 0 Å². The number of carbonyl (C=O) groups excluding carboxylic acids is 1. The third kappa shape index (κ3) is 4.57.